The monoisotopic (exact) mass is 218 g/mol. The number of amides is 3. The van der Waals surface area contributed by atoms with Gasteiger partial charge in [0, 0.05) is 0 Å². The molecule has 0 unspecified atom stereocenters. The van der Waals surface area contributed by atoms with Crippen molar-refractivity contribution in [1.82, 2.24) is 5.32 Å². The van der Waals surface area contributed by atoms with E-state index in [-0.39, 0.29) is 18.2 Å². The van der Waals surface area contributed by atoms with Crippen molar-refractivity contribution >= 4 is 23.5 Å². The van der Waals surface area contributed by atoms with E-state index in [0.717, 1.165) is 0 Å². The summed E-state index contributed by atoms with van der Waals surface area (Å²) in [7, 11) is 0. The van der Waals surface area contributed by atoms with E-state index in [2.05, 4.69) is 10.4 Å². The molecule has 0 fully saturated rings. The Hall–Kier alpha value is -2.37. The third-order valence-electron chi connectivity index (χ3n) is 2.04. The number of nitrogens with one attached hydrogen (secondary N) is 1. The molecule has 1 aliphatic heterocycles. The minimum Gasteiger partial charge on any atom is -0.351 e. The maximum atomic E-state index is 11.6. The number of urea groups is 1. The fourth-order valence-electron chi connectivity index (χ4n) is 1.41. The summed E-state index contributed by atoms with van der Waals surface area (Å²) in [6.07, 6.45) is 0.0534. The molecule has 0 spiro atoms. The Morgan fingerprint density at radius 3 is 2.69 bits per heavy atom. The predicted molar refractivity (Wildman–Crippen MR) is 58.7 cm³/mol. The van der Waals surface area contributed by atoms with Crippen LogP contribution in [0.3, 0.4) is 0 Å². The zero-order valence-electron chi connectivity index (χ0n) is 8.38. The molecule has 1 aliphatic rings. The van der Waals surface area contributed by atoms with E-state index in [1.165, 1.54) is 5.01 Å². The van der Waals surface area contributed by atoms with Gasteiger partial charge in [0.1, 0.15) is 5.84 Å². The fourth-order valence-corrected chi connectivity index (χ4v) is 1.41. The number of nitrogens with two attached hydrogens (primary N) is 1. The molecule has 6 heteroatoms. The standard InChI is InChI=1S/C10H10N4O2/c11-10(16)12-8-6-9(15)14(13-8)7-4-2-1-3-5-7/h1-5H,6H2,(H3,11,12,13,16). The van der Waals surface area contributed by atoms with Gasteiger partial charge in [0.25, 0.3) is 5.91 Å². The Balaban J connectivity index is 2.20. The number of para-hydroxylation sites is 1. The van der Waals surface area contributed by atoms with Crippen LogP contribution in [0.25, 0.3) is 0 Å². The lowest BCUT2D eigenvalue weighted by molar-refractivity contribution is -0.116. The number of anilines is 1. The summed E-state index contributed by atoms with van der Waals surface area (Å²) in [5.41, 5.74) is 5.60. The van der Waals surface area contributed by atoms with Crippen molar-refractivity contribution in [2.24, 2.45) is 10.8 Å². The summed E-state index contributed by atoms with van der Waals surface area (Å²) in [5.74, 6) is 0.0660. The van der Waals surface area contributed by atoms with Crippen molar-refractivity contribution < 1.29 is 9.59 Å². The van der Waals surface area contributed by atoms with E-state index in [1.807, 2.05) is 6.07 Å². The zero-order valence-corrected chi connectivity index (χ0v) is 8.38. The lowest BCUT2D eigenvalue weighted by atomic mass is 10.3. The lowest BCUT2D eigenvalue weighted by Gasteiger charge is -2.10. The molecule has 16 heavy (non-hydrogen) atoms. The zero-order chi connectivity index (χ0) is 11.5. The maximum Gasteiger partial charge on any atom is 0.317 e. The third kappa shape index (κ3) is 2.00. The highest BCUT2D eigenvalue weighted by Gasteiger charge is 2.25. The number of hydrogen-bond acceptors (Lipinski definition) is 3. The van der Waals surface area contributed by atoms with Crippen LogP contribution in [-0.4, -0.2) is 17.8 Å². The molecule has 0 aromatic heterocycles. The molecule has 6 nitrogen and oxygen atoms in total. The van der Waals surface area contributed by atoms with Gasteiger partial charge >= 0.3 is 6.03 Å². The summed E-state index contributed by atoms with van der Waals surface area (Å²) < 4.78 is 0. The summed E-state index contributed by atoms with van der Waals surface area (Å²) in [4.78, 5) is 22.2. The highest BCUT2D eigenvalue weighted by Crippen LogP contribution is 2.18. The molecule has 0 atom stereocenters. The van der Waals surface area contributed by atoms with Crippen molar-refractivity contribution in [1.29, 1.82) is 0 Å². The van der Waals surface area contributed by atoms with Crippen LogP contribution < -0.4 is 16.1 Å². The van der Waals surface area contributed by atoms with Gasteiger partial charge in [-0.1, -0.05) is 18.2 Å². The number of rotatable bonds is 1. The number of amidine groups is 1. The largest absolute Gasteiger partial charge is 0.351 e. The van der Waals surface area contributed by atoms with Gasteiger partial charge in [-0.3, -0.25) is 10.1 Å². The molecule has 1 aromatic rings. The number of carbonyl (C=O) groups excluding carboxylic acids is 2. The van der Waals surface area contributed by atoms with Gasteiger partial charge in [-0.15, -0.1) is 0 Å². The normalized spacial score (nSPS) is 14.9. The highest BCUT2D eigenvalue weighted by atomic mass is 16.2. The number of primary amides is 1. The second-order valence-corrected chi connectivity index (χ2v) is 3.25. The van der Waals surface area contributed by atoms with Crippen molar-refractivity contribution in [2.45, 2.75) is 6.42 Å². The molecule has 0 saturated carbocycles. The van der Waals surface area contributed by atoms with Gasteiger partial charge in [0.15, 0.2) is 0 Å². The molecule has 0 bridgehead atoms. The van der Waals surface area contributed by atoms with Crippen LogP contribution in [0.4, 0.5) is 10.5 Å². The van der Waals surface area contributed by atoms with E-state index in [1.54, 1.807) is 24.3 Å². The Bertz CT molecular complexity index is 455. The molecule has 0 radical (unpaired) electrons. The first-order valence-corrected chi connectivity index (χ1v) is 4.69. The number of nitrogens with zero attached hydrogens (tertiary/aromatic N) is 2. The smallest absolute Gasteiger partial charge is 0.317 e. The van der Waals surface area contributed by atoms with Crippen molar-refractivity contribution in [3.63, 3.8) is 0 Å². The fraction of sp³-hybridized carbons (Fsp3) is 0.100. The van der Waals surface area contributed by atoms with Crippen LogP contribution in [-0.2, 0) is 4.79 Å². The second-order valence-electron chi connectivity index (χ2n) is 3.25. The van der Waals surface area contributed by atoms with Gasteiger partial charge in [0.05, 0.1) is 12.1 Å². The van der Waals surface area contributed by atoms with Crippen LogP contribution >= 0.6 is 0 Å². The first kappa shape index (κ1) is 10.2. The van der Waals surface area contributed by atoms with E-state index in [9.17, 15) is 9.59 Å². The van der Waals surface area contributed by atoms with Gasteiger partial charge < -0.3 is 5.73 Å². The summed E-state index contributed by atoms with van der Waals surface area (Å²) in [6.45, 7) is 0. The number of hydrogen-bond donors (Lipinski definition) is 2. The Kier molecular flexibility index (Phi) is 2.55. The molecule has 3 N–H and O–H groups in total. The SMILES string of the molecule is NC(=O)NC1=NN(c2ccccc2)C(=O)C1. The Morgan fingerprint density at radius 1 is 1.38 bits per heavy atom. The minimum absolute atomic E-state index is 0.0534. The van der Waals surface area contributed by atoms with Crippen molar-refractivity contribution in [3.05, 3.63) is 30.3 Å². The lowest BCUT2D eigenvalue weighted by Crippen LogP contribution is -2.34. The van der Waals surface area contributed by atoms with E-state index >= 15 is 0 Å². The van der Waals surface area contributed by atoms with Crippen LogP contribution in [0, 0.1) is 0 Å². The molecular formula is C10H10N4O2. The molecule has 1 aromatic carbocycles. The van der Waals surface area contributed by atoms with Gasteiger partial charge in [-0.2, -0.15) is 10.1 Å². The van der Waals surface area contributed by atoms with Gasteiger partial charge in [-0.25, -0.2) is 4.79 Å². The van der Waals surface area contributed by atoms with Crippen LogP contribution in [0.15, 0.2) is 35.4 Å². The number of benzene rings is 1. The first-order chi connectivity index (χ1) is 7.66. The Morgan fingerprint density at radius 2 is 2.06 bits per heavy atom. The van der Waals surface area contributed by atoms with Crippen LogP contribution in [0.2, 0.25) is 0 Å². The topological polar surface area (TPSA) is 87.8 Å². The minimum atomic E-state index is -0.721. The number of carbonyl (C=O) groups is 2. The summed E-state index contributed by atoms with van der Waals surface area (Å²) >= 11 is 0. The van der Waals surface area contributed by atoms with E-state index < -0.39 is 6.03 Å². The van der Waals surface area contributed by atoms with Crippen molar-refractivity contribution in [2.75, 3.05) is 5.01 Å². The Labute approximate surface area is 91.7 Å². The summed E-state index contributed by atoms with van der Waals surface area (Å²) in [5, 5.41) is 7.51. The average Bonchev–Trinajstić information content (AvgIpc) is 2.60. The quantitative estimate of drug-likeness (QED) is 0.714. The van der Waals surface area contributed by atoms with E-state index in [4.69, 9.17) is 5.73 Å². The maximum absolute atomic E-state index is 11.6. The molecule has 3 amide bonds. The average molecular weight is 218 g/mol. The van der Waals surface area contributed by atoms with Crippen LogP contribution in [0.1, 0.15) is 6.42 Å². The van der Waals surface area contributed by atoms with Gasteiger partial charge in [0.2, 0.25) is 0 Å². The molecular weight excluding hydrogens is 208 g/mol. The van der Waals surface area contributed by atoms with E-state index in [0.29, 0.717) is 5.69 Å². The molecule has 0 saturated heterocycles. The molecule has 1 heterocycles. The second kappa shape index (κ2) is 4.01. The number of hydrazone groups is 1. The highest BCUT2D eigenvalue weighted by molar-refractivity contribution is 6.15. The third-order valence-corrected chi connectivity index (χ3v) is 2.04. The van der Waals surface area contributed by atoms with Crippen molar-refractivity contribution in [3.8, 4) is 0 Å². The summed E-state index contributed by atoms with van der Waals surface area (Å²) in [6, 6.07) is 8.25. The van der Waals surface area contributed by atoms with Crippen LogP contribution in [0.5, 0.6) is 0 Å². The van der Waals surface area contributed by atoms with Gasteiger partial charge in [-0.05, 0) is 12.1 Å². The molecule has 2 rings (SSSR count). The molecule has 0 aliphatic carbocycles. The predicted octanol–water partition coefficient (Wildman–Crippen LogP) is 0.405. The molecule has 82 valence electrons. The first-order valence-electron chi connectivity index (χ1n) is 4.69.